The Hall–Kier alpha value is -0.800. The summed E-state index contributed by atoms with van der Waals surface area (Å²) in [7, 11) is 0. The van der Waals surface area contributed by atoms with Gasteiger partial charge in [0.1, 0.15) is 12.2 Å². The van der Waals surface area contributed by atoms with Gasteiger partial charge >= 0.3 is 12.3 Å². The molecule has 0 aromatic rings. The lowest BCUT2D eigenvalue weighted by atomic mass is 10.5. The quantitative estimate of drug-likeness (QED) is 0.586. The number of ether oxygens (including phenoxy) is 3. The molecule has 2 saturated heterocycles. The molecule has 2 fully saturated rings. The van der Waals surface area contributed by atoms with Gasteiger partial charge in [-0.1, -0.05) is 0 Å². The third kappa shape index (κ3) is 6.82. The van der Waals surface area contributed by atoms with Crippen LogP contribution in [0.5, 0.6) is 0 Å². The van der Waals surface area contributed by atoms with Gasteiger partial charge in [0.25, 0.3) is 5.83 Å². The van der Waals surface area contributed by atoms with Crippen LogP contribution >= 0.6 is 0 Å². The van der Waals surface area contributed by atoms with Crippen molar-refractivity contribution in [3.63, 3.8) is 0 Å². The maximum Gasteiger partial charge on any atom is 0.448 e. The van der Waals surface area contributed by atoms with Crippen LogP contribution in [0.4, 0.5) is 26.3 Å². The highest BCUT2D eigenvalue weighted by Crippen LogP contribution is 2.29. The molecule has 3 nitrogen and oxygen atoms in total. The monoisotopic (exact) mass is 280 g/mol. The van der Waals surface area contributed by atoms with E-state index in [4.69, 9.17) is 14.2 Å². The van der Waals surface area contributed by atoms with Gasteiger partial charge in [0.05, 0.1) is 26.4 Å². The Morgan fingerprint density at radius 2 is 1.39 bits per heavy atom. The molecule has 0 radical (unpaired) electrons. The second-order valence-corrected chi connectivity index (χ2v) is 3.52. The first-order chi connectivity index (χ1) is 8.30. The summed E-state index contributed by atoms with van der Waals surface area (Å²) in [4.78, 5) is 0. The van der Waals surface area contributed by atoms with E-state index in [0.717, 1.165) is 26.4 Å². The summed E-state index contributed by atoms with van der Waals surface area (Å²) in [6, 6.07) is 0. The molecule has 18 heavy (non-hydrogen) atoms. The van der Waals surface area contributed by atoms with Crippen LogP contribution in [0.3, 0.4) is 0 Å². The zero-order valence-electron chi connectivity index (χ0n) is 8.98. The highest BCUT2D eigenvalue weighted by atomic mass is 19.4. The van der Waals surface area contributed by atoms with Crippen LogP contribution in [0, 0.1) is 0 Å². The minimum Gasteiger partial charge on any atom is -0.376 e. The van der Waals surface area contributed by atoms with E-state index >= 15 is 0 Å². The van der Waals surface area contributed by atoms with Gasteiger partial charge in [-0.25, -0.2) is 0 Å². The van der Waals surface area contributed by atoms with Crippen LogP contribution in [0.15, 0.2) is 11.9 Å². The molecule has 0 N–H and O–H groups in total. The number of alkyl halides is 3. The van der Waals surface area contributed by atoms with Crippen molar-refractivity contribution in [2.45, 2.75) is 18.4 Å². The topological polar surface area (TPSA) is 34.3 Å². The molecule has 2 heterocycles. The van der Waals surface area contributed by atoms with E-state index < -0.39 is 18.1 Å². The lowest BCUT2D eigenvalue weighted by Gasteiger charge is -1.98. The zero-order chi connectivity index (χ0) is 13.8. The maximum absolute atomic E-state index is 11.0. The summed E-state index contributed by atoms with van der Waals surface area (Å²) in [5.41, 5.74) is 0. The third-order valence-corrected chi connectivity index (χ3v) is 1.83. The molecule has 2 aliphatic rings. The van der Waals surface area contributed by atoms with Crippen LogP contribution < -0.4 is 0 Å². The minimum absolute atomic E-state index is 0.392. The Bertz CT molecular complexity index is 279. The molecular formula is C9H10F6O3. The van der Waals surface area contributed by atoms with E-state index in [9.17, 15) is 26.3 Å². The highest BCUT2D eigenvalue weighted by Gasteiger charge is 2.38. The normalized spacial score (nSPS) is 25.0. The summed E-state index contributed by atoms with van der Waals surface area (Å²) in [5, 5.41) is 0. The van der Waals surface area contributed by atoms with Crippen LogP contribution in [0.2, 0.25) is 0 Å². The Labute approximate surface area is 98.3 Å². The third-order valence-electron chi connectivity index (χ3n) is 1.83. The van der Waals surface area contributed by atoms with Gasteiger partial charge in [-0.05, 0) is 0 Å². The second kappa shape index (κ2) is 6.39. The van der Waals surface area contributed by atoms with E-state index in [1.165, 1.54) is 0 Å². The standard InChI is InChI=1S/C6H10O3.C3F6/c1(5-3-8-5)7-2-6-4-9-6;4-1(2(5)6)3(7,8)9/h5-6H,1-4H2;. The predicted molar refractivity (Wildman–Crippen MR) is 46.7 cm³/mol. The van der Waals surface area contributed by atoms with Crippen LogP contribution in [0.1, 0.15) is 0 Å². The summed E-state index contributed by atoms with van der Waals surface area (Å²) in [6.45, 7) is 3.26. The predicted octanol–water partition coefficient (Wildman–Crippen LogP) is 2.43. The molecule has 2 rings (SSSR count). The van der Waals surface area contributed by atoms with Crippen molar-refractivity contribution in [2.24, 2.45) is 0 Å². The number of hydrogen-bond donors (Lipinski definition) is 0. The number of epoxide rings is 2. The first kappa shape index (κ1) is 15.3. The number of hydrogen-bond acceptors (Lipinski definition) is 3. The molecule has 0 aromatic carbocycles. The van der Waals surface area contributed by atoms with Gasteiger partial charge in [0.15, 0.2) is 0 Å². The van der Waals surface area contributed by atoms with E-state index in [1.807, 2.05) is 0 Å². The van der Waals surface area contributed by atoms with E-state index in [0.29, 0.717) is 12.2 Å². The minimum atomic E-state index is -5.56. The summed E-state index contributed by atoms with van der Waals surface area (Å²) >= 11 is 0. The molecule has 2 aliphatic heterocycles. The maximum atomic E-state index is 11.0. The Morgan fingerprint density at radius 1 is 1.00 bits per heavy atom. The first-order valence-corrected chi connectivity index (χ1v) is 4.89. The first-order valence-electron chi connectivity index (χ1n) is 4.89. The van der Waals surface area contributed by atoms with Gasteiger partial charge in [-0.3, -0.25) is 0 Å². The molecule has 9 heteroatoms. The second-order valence-electron chi connectivity index (χ2n) is 3.52. The number of rotatable bonds is 4. The average molecular weight is 280 g/mol. The summed E-state index contributed by atoms with van der Waals surface area (Å²) in [5.74, 6) is -3.33. The summed E-state index contributed by atoms with van der Waals surface area (Å²) in [6.07, 6.45) is -8.12. The van der Waals surface area contributed by atoms with Crippen LogP contribution in [-0.2, 0) is 14.2 Å². The highest BCUT2D eigenvalue weighted by molar-refractivity contribution is 4.98. The Morgan fingerprint density at radius 3 is 1.56 bits per heavy atom. The fourth-order valence-electron chi connectivity index (χ4n) is 0.767. The largest absolute Gasteiger partial charge is 0.448 e. The van der Waals surface area contributed by atoms with Gasteiger partial charge in [0, 0.05) is 0 Å². The lowest BCUT2D eigenvalue weighted by Crippen LogP contribution is -2.08. The van der Waals surface area contributed by atoms with Crippen molar-refractivity contribution >= 4 is 0 Å². The SMILES string of the molecule is C(OCC1CO1)C1CO1.FC(F)=C(F)C(F)(F)F. The fourth-order valence-corrected chi connectivity index (χ4v) is 0.767. The van der Waals surface area contributed by atoms with Crippen molar-refractivity contribution in [3.8, 4) is 0 Å². The Balaban J connectivity index is 0.000000180. The smallest absolute Gasteiger partial charge is 0.376 e. The van der Waals surface area contributed by atoms with Crippen molar-refractivity contribution in [1.29, 1.82) is 0 Å². The summed E-state index contributed by atoms with van der Waals surface area (Å²) < 4.78 is 79.9. The lowest BCUT2D eigenvalue weighted by molar-refractivity contribution is -0.113. The van der Waals surface area contributed by atoms with Gasteiger partial charge in [0.2, 0.25) is 0 Å². The van der Waals surface area contributed by atoms with Gasteiger partial charge in [-0.2, -0.15) is 26.3 Å². The molecule has 0 spiro atoms. The van der Waals surface area contributed by atoms with E-state index in [2.05, 4.69) is 0 Å². The van der Waals surface area contributed by atoms with E-state index in [1.54, 1.807) is 0 Å². The van der Waals surface area contributed by atoms with Gasteiger partial charge < -0.3 is 14.2 Å². The molecule has 0 amide bonds. The zero-order valence-corrected chi connectivity index (χ0v) is 8.98. The molecule has 106 valence electrons. The van der Waals surface area contributed by atoms with Crippen molar-refractivity contribution in [1.82, 2.24) is 0 Å². The fraction of sp³-hybridized carbons (Fsp3) is 0.778. The van der Waals surface area contributed by atoms with Crippen LogP contribution in [0.25, 0.3) is 0 Å². The molecule has 0 bridgehead atoms. The van der Waals surface area contributed by atoms with E-state index in [-0.39, 0.29) is 0 Å². The number of halogens is 6. The van der Waals surface area contributed by atoms with Crippen molar-refractivity contribution < 1.29 is 40.6 Å². The van der Waals surface area contributed by atoms with Gasteiger partial charge in [-0.15, -0.1) is 0 Å². The molecular weight excluding hydrogens is 270 g/mol. The molecule has 0 saturated carbocycles. The molecule has 2 atom stereocenters. The molecule has 0 aromatic heterocycles. The van der Waals surface area contributed by atoms with Crippen molar-refractivity contribution in [2.75, 3.05) is 26.4 Å². The van der Waals surface area contributed by atoms with Crippen molar-refractivity contribution in [3.05, 3.63) is 11.9 Å². The van der Waals surface area contributed by atoms with Crippen LogP contribution in [-0.4, -0.2) is 44.8 Å². The number of allylic oxidation sites excluding steroid dienone is 1. The molecule has 0 aliphatic carbocycles. The molecule has 2 unspecified atom stereocenters. The Kier molecular flexibility index (Phi) is 5.42. The average Bonchev–Trinajstić information content (AvgIpc) is 3.10.